The first-order chi connectivity index (χ1) is 13.0. The van der Waals surface area contributed by atoms with Gasteiger partial charge in [-0.2, -0.15) is 10.2 Å². The fourth-order valence-electron chi connectivity index (χ4n) is 2.81. The summed E-state index contributed by atoms with van der Waals surface area (Å²) in [5.41, 5.74) is 1.54. The number of nitrogens with zero attached hydrogens (tertiary/aromatic N) is 6. The second-order valence-electron chi connectivity index (χ2n) is 6.02. The van der Waals surface area contributed by atoms with Crippen molar-refractivity contribution in [2.45, 2.75) is 26.3 Å². The second-order valence-corrected chi connectivity index (χ2v) is 6.02. The predicted molar refractivity (Wildman–Crippen MR) is 97.4 cm³/mol. The molecule has 10 heteroatoms. The van der Waals surface area contributed by atoms with Crippen LogP contribution >= 0.6 is 0 Å². The molecule has 10 nitrogen and oxygen atoms in total. The van der Waals surface area contributed by atoms with Crippen LogP contribution in [0.1, 0.15) is 35.1 Å². The monoisotopic (exact) mass is 369 g/mol. The molecule has 0 atom stereocenters. The van der Waals surface area contributed by atoms with E-state index in [-0.39, 0.29) is 11.4 Å². The number of anilines is 1. The predicted octanol–water partition coefficient (Wildman–Crippen LogP) is 2.17. The minimum Gasteiger partial charge on any atom is -0.320 e. The summed E-state index contributed by atoms with van der Waals surface area (Å²) in [6, 6.07) is 7.16. The van der Waals surface area contributed by atoms with Crippen molar-refractivity contribution in [2.24, 2.45) is 7.05 Å². The van der Waals surface area contributed by atoms with Gasteiger partial charge in [-0.1, -0.05) is 25.5 Å². The van der Waals surface area contributed by atoms with Crippen molar-refractivity contribution in [3.8, 4) is 0 Å². The Morgan fingerprint density at radius 1 is 1.30 bits per heavy atom. The van der Waals surface area contributed by atoms with Crippen molar-refractivity contribution in [1.82, 2.24) is 24.5 Å². The SMILES string of the molecule is CCCc1nn(C)c(C(=O)Nc2ccc(Cn3cncn3)cc2)c1[N+](=O)[O-]. The van der Waals surface area contributed by atoms with Crippen LogP contribution in [-0.2, 0) is 20.0 Å². The van der Waals surface area contributed by atoms with E-state index in [2.05, 4.69) is 20.5 Å². The summed E-state index contributed by atoms with van der Waals surface area (Å²) in [6.07, 6.45) is 4.22. The van der Waals surface area contributed by atoms with Gasteiger partial charge in [0.15, 0.2) is 0 Å². The molecule has 140 valence electrons. The van der Waals surface area contributed by atoms with E-state index in [1.807, 2.05) is 19.1 Å². The largest absolute Gasteiger partial charge is 0.323 e. The molecule has 0 radical (unpaired) electrons. The van der Waals surface area contributed by atoms with Crippen molar-refractivity contribution >= 4 is 17.3 Å². The lowest BCUT2D eigenvalue weighted by Crippen LogP contribution is -2.17. The molecular formula is C17H19N7O3. The quantitative estimate of drug-likeness (QED) is 0.503. The number of carbonyl (C=O) groups excluding carboxylic acids is 1. The van der Waals surface area contributed by atoms with Gasteiger partial charge in [-0.3, -0.25) is 19.6 Å². The third-order valence-corrected chi connectivity index (χ3v) is 4.00. The molecule has 0 aliphatic carbocycles. The lowest BCUT2D eigenvalue weighted by molar-refractivity contribution is -0.385. The Labute approximate surface area is 155 Å². The number of aromatic nitrogens is 5. The Morgan fingerprint density at radius 2 is 2.04 bits per heavy atom. The Balaban J connectivity index is 1.78. The van der Waals surface area contributed by atoms with Gasteiger partial charge in [-0.15, -0.1) is 0 Å². The Morgan fingerprint density at radius 3 is 2.63 bits per heavy atom. The van der Waals surface area contributed by atoms with Gasteiger partial charge in [0.1, 0.15) is 18.3 Å². The first-order valence-corrected chi connectivity index (χ1v) is 8.42. The van der Waals surface area contributed by atoms with E-state index in [0.29, 0.717) is 30.8 Å². The van der Waals surface area contributed by atoms with E-state index in [1.54, 1.807) is 23.1 Å². The third kappa shape index (κ3) is 4.00. The first kappa shape index (κ1) is 18.2. The molecule has 0 saturated heterocycles. The number of nitrogens with one attached hydrogen (secondary N) is 1. The summed E-state index contributed by atoms with van der Waals surface area (Å²) in [4.78, 5) is 27.4. The van der Waals surface area contributed by atoms with Gasteiger partial charge < -0.3 is 5.32 Å². The molecule has 0 aliphatic rings. The average Bonchev–Trinajstić information content (AvgIpc) is 3.24. The zero-order chi connectivity index (χ0) is 19.4. The topological polar surface area (TPSA) is 121 Å². The smallest absolute Gasteiger partial charge is 0.320 e. The number of benzene rings is 1. The number of hydrogen-bond acceptors (Lipinski definition) is 6. The fraction of sp³-hybridized carbons (Fsp3) is 0.294. The van der Waals surface area contributed by atoms with Gasteiger partial charge in [-0.05, 0) is 24.1 Å². The van der Waals surface area contributed by atoms with E-state index < -0.39 is 10.8 Å². The molecule has 2 aromatic heterocycles. The van der Waals surface area contributed by atoms with Crippen LogP contribution in [-0.4, -0.2) is 35.4 Å². The highest BCUT2D eigenvalue weighted by atomic mass is 16.6. The molecule has 0 bridgehead atoms. The molecule has 3 rings (SSSR count). The second kappa shape index (κ2) is 7.77. The number of carbonyl (C=O) groups is 1. The van der Waals surface area contributed by atoms with Gasteiger partial charge in [-0.25, -0.2) is 9.67 Å². The van der Waals surface area contributed by atoms with E-state index in [0.717, 1.165) is 5.56 Å². The summed E-state index contributed by atoms with van der Waals surface area (Å²) < 4.78 is 2.94. The van der Waals surface area contributed by atoms with Crippen LogP contribution in [0.3, 0.4) is 0 Å². The summed E-state index contributed by atoms with van der Waals surface area (Å²) >= 11 is 0. The van der Waals surface area contributed by atoms with E-state index >= 15 is 0 Å². The van der Waals surface area contributed by atoms with Gasteiger partial charge in [0.2, 0.25) is 5.69 Å². The molecular weight excluding hydrogens is 350 g/mol. The molecule has 0 spiro atoms. The minimum absolute atomic E-state index is 0.0601. The van der Waals surface area contributed by atoms with Crippen molar-refractivity contribution in [3.05, 3.63) is 64.0 Å². The lowest BCUT2D eigenvalue weighted by Gasteiger charge is -2.07. The minimum atomic E-state index is -0.567. The van der Waals surface area contributed by atoms with Crippen LogP contribution in [0.25, 0.3) is 0 Å². The molecule has 0 aliphatic heterocycles. The number of rotatable bonds is 7. The van der Waals surface area contributed by atoms with Crippen molar-refractivity contribution in [3.63, 3.8) is 0 Å². The molecule has 3 aromatic rings. The van der Waals surface area contributed by atoms with Gasteiger partial charge in [0, 0.05) is 12.7 Å². The molecule has 1 amide bonds. The standard InChI is InChI=1S/C17H19N7O3/c1-3-4-14-15(24(26)27)16(22(2)21-14)17(25)20-13-7-5-12(6-8-13)9-23-11-18-10-19-23/h5-8,10-11H,3-4,9H2,1-2H3,(H,20,25). The van der Waals surface area contributed by atoms with Gasteiger partial charge >= 0.3 is 5.69 Å². The highest BCUT2D eigenvalue weighted by molar-refractivity contribution is 6.06. The molecule has 27 heavy (non-hydrogen) atoms. The maximum absolute atomic E-state index is 12.6. The molecule has 1 N–H and O–H groups in total. The van der Waals surface area contributed by atoms with Crippen molar-refractivity contribution in [2.75, 3.05) is 5.32 Å². The Bertz CT molecular complexity index is 946. The molecule has 0 saturated carbocycles. The van der Waals surface area contributed by atoms with Gasteiger partial charge in [0.05, 0.1) is 11.5 Å². The fourth-order valence-corrected chi connectivity index (χ4v) is 2.81. The zero-order valence-electron chi connectivity index (χ0n) is 15.0. The number of hydrogen-bond donors (Lipinski definition) is 1. The number of nitro groups is 1. The number of amides is 1. The third-order valence-electron chi connectivity index (χ3n) is 4.00. The average molecular weight is 369 g/mol. The van der Waals surface area contributed by atoms with Crippen LogP contribution in [0.2, 0.25) is 0 Å². The molecule has 1 aromatic carbocycles. The summed E-state index contributed by atoms with van der Waals surface area (Å²) in [5.74, 6) is -0.567. The highest BCUT2D eigenvalue weighted by Crippen LogP contribution is 2.25. The van der Waals surface area contributed by atoms with Crippen LogP contribution in [0.5, 0.6) is 0 Å². The molecule has 0 fully saturated rings. The van der Waals surface area contributed by atoms with Gasteiger partial charge in [0.25, 0.3) is 5.91 Å². The maximum Gasteiger partial charge on any atom is 0.323 e. The normalized spacial score (nSPS) is 10.7. The maximum atomic E-state index is 12.6. The molecule has 2 heterocycles. The van der Waals surface area contributed by atoms with Crippen LogP contribution < -0.4 is 5.32 Å². The van der Waals surface area contributed by atoms with Crippen LogP contribution in [0.4, 0.5) is 11.4 Å². The van der Waals surface area contributed by atoms with E-state index in [9.17, 15) is 14.9 Å². The Kier molecular flexibility index (Phi) is 5.25. The van der Waals surface area contributed by atoms with E-state index in [1.165, 1.54) is 18.1 Å². The Hall–Kier alpha value is -3.56. The van der Waals surface area contributed by atoms with E-state index in [4.69, 9.17) is 0 Å². The zero-order valence-corrected chi connectivity index (χ0v) is 15.0. The van der Waals surface area contributed by atoms with Crippen molar-refractivity contribution in [1.29, 1.82) is 0 Å². The first-order valence-electron chi connectivity index (χ1n) is 8.42. The number of aryl methyl sites for hydroxylation is 2. The summed E-state index contributed by atoms with van der Waals surface area (Å²) in [5, 5.41) is 22.3. The highest BCUT2D eigenvalue weighted by Gasteiger charge is 2.30. The van der Waals surface area contributed by atoms with Crippen LogP contribution in [0.15, 0.2) is 36.9 Å². The molecule has 0 unspecified atom stereocenters. The van der Waals surface area contributed by atoms with Crippen LogP contribution in [0, 0.1) is 10.1 Å². The lowest BCUT2D eigenvalue weighted by atomic mass is 10.2. The van der Waals surface area contributed by atoms with Crippen molar-refractivity contribution < 1.29 is 9.72 Å². The summed E-state index contributed by atoms with van der Waals surface area (Å²) in [7, 11) is 1.53. The summed E-state index contributed by atoms with van der Waals surface area (Å²) in [6.45, 7) is 2.46.